The van der Waals surface area contributed by atoms with Crippen LogP contribution < -0.4 is 11.1 Å². The Bertz CT molecular complexity index is 2110. The van der Waals surface area contributed by atoms with Crippen molar-refractivity contribution in [3.63, 3.8) is 0 Å². The minimum atomic E-state index is 0.148. The fraction of sp³-hybridized carbons (Fsp3) is 0.381. The van der Waals surface area contributed by atoms with Gasteiger partial charge in [0.25, 0.3) is 0 Å². The van der Waals surface area contributed by atoms with E-state index in [2.05, 4.69) is 92.0 Å². The summed E-state index contributed by atoms with van der Waals surface area (Å²) in [5, 5.41) is 13.0. The van der Waals surface area contributed by atoms with Gasteiger partial charge in [-0.1, -0.05) is 114 Å². The number of anilines is 1. The molecule has 2 nitrogen and oxygen atoms in total. The van der Waals surface area contributed by atoms with Crippen molar-refractivity contribution in [2.45, 2.75) is 96.9 Å². The zero-order valence-electron chi connectivity index (χ0n) is 28.4. The second-order valence-electron chi connectivity index (χ2n) is 13.3. The Kier molecular flexibility index (Phi) is 11.2. The average Bonchev–Trinajstić information content (AvgIpc) is 3.92. The molecule has 1 atom stereocenters. The van der Waals surface area contributed by atoms with Crippen LogP contribution in [0.25, 0.3) is 61.2 Å². The topological polar surface area (TPSA) is 38.0 Å². The summed E-state index contributed by atoms with van der Waals surface area (Å²) in [5.74, 6) is 0. The van der Waals surface area contributed by atoms with E-state index < -0.39 is 0 Å². The van der Waals surface area contributed by atoms with Crippen LogP contribution in [-0.2, 0) is 0 Å². The van der Waals surface area contributed by atoms with E-state index in [0.717, 1.165) is 13.0 Å². The third-order valence-corrected chi connectivity index (χ3v) is 14.7. The lowest BCUT2D eigenvalue weighted by Gasteiger charge is -2.08. The predicted molar refractivity (Wildman–Crippen MR) is 221 cm³/mol. The van der Waals surface area contributed by atoms with Gasteiger partial charge in [0, 0.05) is 57.1 Å². The van der Waals surface area contributed by atoms with Gasteiger partial charge in [0.05, 0.1) is 5.00 Å². The monoisotopic (exact) mass is 708 g/mol. The van der Waals surface area contributed by atoms with Crippen molar-refractivity contribution >= 4 is 92.1 Å². The molecule has 0 fully saturated rings. The molecule has 4 heterocycles. The Labute approximate surface area is 302 Å². The van der Waals surface area contributed by atoms with Gasteiger partial charge in [0.2, 0.25) is 0 Å². The standard InChI is InChI=1S/C42H48N2S4/c1-3-5-7-9-11-13-25-44-40-24-23-37(46-40)39-27-29-16-18-31-30-17-15-28-26-38(47-41(28)32(30)19-20-33(31)42(29)48-39)36-22-21-35(45-36)34(43)14-12-10-8-6-4-2/h15-24,26-27,34,44H,3-14,25,43H2,1-2H3. The molecule has 0 saturated carbocycles. The molecule has 0 bridgehead atoms. The van der Waals surface area contributed by atoms with Crippen LogP contribution >= 0.6 is 45.3 Å². The average molecular weight is 709 g/mol. The lowest BCUT2D eigenvalue weighted by molar-refractivity contribution is 0.559. The number of thiophene rings is 4. The van der Waals surface area contributed by atoms with E-state index in [1.807, 2.05) is 45.3 Å². The molecule has 7 aromatic rings. The first-order valence-corrected chi connectivity index (χ1v) is 21.4. The fourth-order valence-corrected chi connectivity index (χ4v) is 11.4. The molecule has 0 aliphatic heterocycles. The van der Waals surface area contributed by atoms with Crippen LogP contribution in [0, 0.1) is 0 Å². The number of rotatable bonds is 17. The van der Waals surface area contributed by atoms with Crippen molar-refractivity contribution in [2.75, 3.05) is 11.9 Å². The van der Waals surface area contributed by atoms with Crippen LogP contribution in [0.1, 0.15) is 102 Å². The van der Waals surface area contributed by atoms with Gasteiger partial charge in [-0.25, -0.2) is 0 Å². The molecule has 0 saturated heterocycles. The van der Waals surface area contributed by atoms with Crippen molar-refractivity contribution < 1.29 is 0 Å². The van der Waals surface area contributed by atoms with Gasteiger partial charge in [-0.3, -0.25) is 0 Å². The maximum absolute atomic E-state index is 6.63. The largest absolute Gasteiger partial charge is 0.377 e. The highest BCUT2D eigenvalue weighted by Crippen LogP contribution is 2.45. The highest BCUT2D eigenvalue weighted by Gasteiger charge is 2.16. The van der Waals surface area contributed by atoms with Gasteiger partial charge in [-0.2, -0.15) is 0 Å². The van der Waals surface area contributed by atoms with Crippen molar-refractivity contribution in [3.8, 4) is 19.5 Å². The van der Waals surface area contributed by atoms with Crippen molar-refractivity contribution in [1.29, 1.82) is 0 Å². The number of nitrogens with two attached hydrogens (primary N) is 1. The lowest BCUT2D eigenvalue weighted by atomic mass is 10.00. The van der Waals surface area contributed by atoms with E-state index in [4.69, 9.17) is 5.73 Å². The summed E-state index contributed by atoms with van der Waals surface area (Å²) >= 11 is 7.63. The van der Waals surface area contributed by atoms with Gasteiger partial charge >= 0.3 is 0 Å². The van der Waals surface area contributed by atoms with E-state index in [9.17, 15) is 0 Å². The maximum atomic E-state index is 6.63. The van der Waals surface area contributed by atoms with Gasteiger partial charge in [-0.05, 0) is 70.8 Å². The first-order valence-electron chi connectivity index (χ1n) is 18.1. The third kappa shape index (κ3) is 7.39. The van der Waals surface area contributed by atoms with E-state index in [1.165, 1.54) is 142 Å². The SMILES string of the molecule is CCCCCCCCNc1ccc(-c2cc3ccc4c5ccc6cc(-c7ccc(C(N)CCCCCCC)s7)sc6c5ccc4c3s2)s1. The summed E-state index contributed by atoms with van der Waals surface area (Å²) in [4.78, 5) is 6.72. The second kappa shape index (κ2) is 15.9. The molecule has 48 heavy (non-hydrogen) atoms. The van der Waals surface area contributed by atoms with E-state index in [-0.39, 0.29) is 6.04 Å². The Hall–Kier alpha value is -2.74. The molecule has 6 heteroatoms. The second-order valence-corrected chi connectivity index (χ2v) is 17.6. The van der Waals surface area contributed by atoms with Crippen molar-refractivity contribution in [2.24, 2.45) is 5.73 Å². The zero-order chi connectivity index (χ0) is 32.9. The number of benzene rings is 3. The summed E-state index contributed by atoms with van der Waals surface area (Å²) in [6.07, 6.45) is 15.5. The molecule has 0 radical (unpaired) electrons. The minimum Gasteiger partial charge on any atom is -0.377 e. The van der Waals surface area contributed by atoms with Gasteiger partial charge in [0.15, 0.2) is 0 Å². The minimum absolute atomic E-state index is 0.148. The molecule has 0 amide bonds. The van der Waals surface area contributed by atoms with Crippen molar-refractivity contribution in [3.05, 3.63) is 77.7 Å². The summed E-state index contributed by atoms with van der Waals surface area (Å²) in [6.45, 7) is 5.62. The molecule has 0 spiro atoms. The number of hydrogen-bond donors (Lipinski definition) is 2. The summed E-state index contributed by atoms with van der Waals surface area (Å²) in [6, 6.07) is 28.1. The normalized spacial score (nSPS) is 12.6. The first kappa shape index (κ1) is 33.7. The first-order chi connectivity index (χ1) is 23.6. The van der Waals surface area contributed by atoms with E-state index in [0.29, 0.717) is 0 Å². The van der Waals surface area contributed by atoms with Crippen molar-refractivity contribution in [1.82, 2.24) is 0 Å². The molecule has 3 aromatic carbocycles. The van der Waals surface area contributed by atoms with Gasteiger partial charge < -0.3 is 11.1 Å². The molecule has 1 unspecified atom stereocenters. The van der Waals surface area contributed by atoms with Crippen LogP contribution in [0.5, 0.6) is 0 Å². The number of nitrogens with one attached hydrogen (secondary N) is 1. The molecular formula is C42H48N2S4. The highest BCUT2D eigenvalue weighted by molar-refractivity contribution is 7.28. The van der Waals surface area contributed by atoms with Crippen LogP contribution in [0.3, 0.4) is 0 Å². The van der Waals surface area contributed by atoms with E-state index in [1.54, 1.807) is 0 Å². The molecule has 4 aromatic heterocycles. The molecule has 0 aliphatic carbocycles. The third-order valence-electron chi connectivity index (χ3n) is 9.69. The number of fused-ring (bicyclic) bond motifs is 7. The summed E-state index contributed by atoms with van der Waals surface area (Å²) in [5.41, 5.74) is 6.63. The number of hydrogen-bond acceptors (Lipinski definition) is 6. The Balaban J connectivity index is 1.09. The molecule has 7 rings (SSSR count). The zero-order valence-corrected chi connectivity index (χ0v) is 31.7. The Morgan fingerprint density at radius 2 is 1.06 bits per heavy atom. The van der Waals surface area contributed by atoms with Crippen LogP contribution in [0.4, 0.5) is 5.00 Å². The van der Waals surface area contributed by atoms with E-state index >= 15 is 0 Å². The molecule has 0 aliphatic rings. The fourth-order valence-electron chi connectivity index (χ4n) is 6.94. The van der Waals surface area contributed by atoms with Crippen LogP contribution in [0.2, 0.25) is 0 Å². The molecule has 250 valence electrons. The summed E-state index contributed by atoms with van der Waals surface area (Å²) < 4.78 is 2.77. The Morgan fingerprint density at radius 3 is 1.71 bits per heavy atom. The summed E-state index contributed by atoms with van der Waals surface area (Å²) in [7, 11) is 0. The number of unbranched alkanes of at least 4 members (excludes halogenated alkanes) is 9. The quantitative estimate of drug-likeness (QED) is 0.0730. The lowest BCUT2D eigenvalue weighted by Crippen LogP contribution is -2.08. The van der Waals surface area contributed by atoms with Crippen LogP contribution in [-0.4, -0.2) is 6.54 Å². The Morgan fingerprint density at radius 1 is 0.521 bits per heavy atom. The highest BCUT2D eigenvalue weighted by atomic mass is 32.1. The molecule has 3 N–H and O–H groups in total. The van der Waals surface area contributed by atoms with Gasteiger partial charge in [0.1, 0.15) is 0 Å². The smallest absolute Gasteiger partial charge is 0.0889 e. The van der Waals surface area contributed by atoms with Gasteiger partial charge in [-0.15, -0.1) is 45.3 Å². The molecular weight excluding hydrogens is 661 g/mol. The van der Waals surface area contributed by atoms with Crippen LogP contribution in [0.15, 0.2) is 72.8 Å². The maximum Gasteiger partial charge on any atom is 0.0889 e. The predicted octanol–water partition coefficient (Wildman–Crippen LogP) is 15.0.